The number of piperazine rings is 1. The van der Waals surface area contributed by atoms with E-state index in [0.717, 1.165) is 36.6 Å². The summed E-state index contributed by atoms with van der Waals surface area (Å²) in [4.78, 5) is 29.0. The highest BCUT2D eigenvalue weighted by Gasteiger charge is 2.32. The Bertz CT molecular complexity index is 885. The Morgan fingerprint density at radius 2 is 1.96 bits per heavy atom. The Kier molecular flexibility index (Phi) is 5.27. The first-order valence-electron chi connectivity index (χ1n) is 9.44. The molecule has 0 aliphatic carbocycles. The van der Waals surface area contributed by atoms with Crippen LogP contribution in [0.1, 0.15) is 11.6 Å². The number of carbonyl (C=O) groups excluding carboxylic acids is 2. The largest absolute Gasteiger partial charge is 0.496 e. The van der Waals surface area contributed by atoms with Gasteiger partial charge in [0.25, 0.3) is 0 Å². The smallest absolute Gasteiger partial charge is 0.244 e. The third-order valence-corrected chi connectivity index (χ3v) is 5.26. The maximum absolute atomic E-state index is 13.2. The first-order valence-corrected chi connectivity index (χ1v) is 9.44. The Morgan fingerprint density at radius 3 is 2.82 bits per heavy atom. The molecule has 0 aromatic heterocycles. The molecule has 1 atom stereocenters. The van der Waals surface area contributed by atoms with Crippen LogP contribution in [-0.4, -0.2) is 56.5 Å². The molecule has 7 heteroatoms. The molecule has 2 aromatic rings. The fourth-order valence-electron chi connectivity index (χ4n) is 3.90. The Balaban J connectivity index is 1.57. The molecule has 2 aliphatic rings. The van der Waals surface area contributed by atoms with Gasteiger partial charge >= 0.3 is 0 Å². The van der Waals surface area contributed by atoms with E-state index in [-0.39, 0.29) is 30.9 Å². The fraction of sp³-hybridized carbons (Fsp3) is 0.333. The molecule has 2 amide bonds. The van der Waals surface area contributed by atoms with Crippen molar-refractivity contribution in [3.05, 3.63) is 54.1 Å². The number of amides is 2. The van der Waals surface area contributed by atoms with E-state index in [1.807, 2.05) is 48.5 Å². The molecule has 0 spiro atoms. The zero-order chi connectivity index (χ0) is 19.5. The number of anilines is 2. The van der Waals surface area contributed by atoms with E-state index in [2.05, 4.69) is 15.5 Å². The Morgan fingerprint density at radius 1 is 1.18 bits per heavy atom. The van der Waals surface area contributed by atoms with Crippen LogP contribution >= 0.6 is 0 Å². The molecular formula is C21H24N4O3. The summed E-state index contributed by atoms with van der Waals surface area (Å²) < 4.78 is 5.53. The van der Waals surface area contributed by atoms with E-state index in [1.54, 1.807) is 12.0 Å². The lowest BCUT2D eigenvalue weighted by molar-refractivity contribution is -0.123. The van der Waals surface area contributed by atoms with Crippen molar-refractivity contribution in [1.29, 1.82) is 0 Å². The number of methoxy groups -OCH3 is 1. The maximum atomic E-state index is 13.2. The highest BCUT2D eigenvalue weighted by molar-refractivity contribution is 6.10. The van der Waals surface area contributed by atoms with E-state index < -0.39 is 0 Å². The number of nitrogens with one attached hydrogen (secondary N) is 2. The molecule has 146 valence electrons. The molecule has 0 bridgehead atoms. The molecule has 0 saturated carbocycles. The molecule has 4 rings (SSSR count). The minimum absolute atomic E-state index is 0.0303. The van der Waals surface area contributed by atoms with Gasteiger partial charge in [-0.1, -0.05) is 30.3 Å². The number of nitrogens with zero attached hydrogens (tertiary/aromatic N) is 2. The molecule has 2 heterocycles. The zero-order valence-electron chi connectivity index (χ0n) is 15.9. The van der Waals surface area contributed by atoms with Gasteiger partial charge in [0.2, 0.25) is 11.8 Å². The Labute approximate surface area is 164 Å². The third kappa shape index (κ3) is 3.58. The van der Waals surface area contributed by atoms with Crippen LogP contribution < -0.4 is 20.3 Å². The number of carbonyl (C=O) groups is 2. The minimum atomic E-state index is -0.173. The molecule has 7 nitrogen and oxygen atoms in total. The van der Waals surface area contributed by atoms with Crippen molar-refractivity contribution in [1.82, 2.24) is 10.2 Å². The minimum Gasteiger partial charge on any atom is -0.496 e. The van der Waals surface area contributed by atoms with Crippen molar-refractivity contribution in [3.63, 3.8) is 0 Å². The van der Waals surface area contributed by atoms with Crippen molar-refractivity contribution in [2.45, 2.75) is 6.04 Å². The van der Waals surface area contributed by atoms with Gasteiger partial charge in [0.05, 0.1) is 31.1 Å². The van der Waals surface area contributed by atoms with Gasteiger partial charge in [0, 0.05) is 25.2 Å². The molecule has 2 aromatic carbocycles. The van der Waals surface area contributed by atoms with Crippen molar-refractivity contribution < 1.29 is 14.3 Å². The molecule has 0 radical (unpaired) electrons. The second kappa shape index (κ2) is 8.00. The maximum Gasteiger partial charge on any atom is 0.244 e. The van der Waals surface area contributed by atoms with Crippen LogP contribution in [0.15, 0.2) is 48.5 Å². The number of fused-ring (bicyclic) bond motifs is 1. The fourth-order valence-corrected chi connectivity index (χ4v) is 3.90. The standard InChI is InChI=1S/C21H24N4O3/c1-28-19-9-5-2-6-15(19)18-12-22-10-11-24(18)14-21(27)25-13-20(26)23-16-7-3-4-8-17(16)25/h2-9,18,22H,10-14H2,1H3,(H,23,26). The number of hydrogen-bond donors (Lipinski definition) is 2. The highest BCUT2D eigenvalue weighted by Crippen LogP contribution is 2.32. The van der Waals surface area contributed by atoms with Crippen molar-refractivity contribution in [2.24, 2.45) is 0 Å². The molecule has 2 aliphatic heterocycles. The quantitative estimate of drug-likeness (QED) is 0.843. The molecule has 1 saturated heterocycles. The molecule has 2 N–H and O–H groups in total. The normalized spacial score (nSPS) is 19.7. The summed E-state index contributed by atoms with van der Waals surface area (Å²) in [6.07, 6.45) is 0. The summed E-state index contributed by atoms with van der Waals surface area (Å²) in [6.45, 7) is 2.59. The van der Waals surface area contributed by atoms with Gasteiger partial charge in [-0.3, -0.25) is 19.4 Å². The monoisotopic (exact) mass is 380 g/mol. The van der Waals surface area contributed by atoms with Crippen LogP contribution in [0, 0.1) is 0 Å². The van der Waals surface area contributed by atoms with E-state index in [9.17, 15) is 9.59 Å². The first-order chi connectivity index (χ1) is 13.7. The Hall–Kier alpha value is -2.90. The predicted molar refractivity (Wildman–Crippen MR) is 108 cm³/mol. The second-order valence-electron chi connectivity index (χ2n) is 6.98. The predicted octanol–water partition coefficient (Wildman–Crippen LogP) is 1.63. The summed E-state index contributed by atoms with van der Waals surface area (Å²) in [5.74, 6) is 0.564. The van der Waals surface area contributed by atoms with Gasteiger partial charge in [-0.25, -0.2) is 0 Å². The number of benzene rings is 2. The van der Waals surface area contributed by atoms with Crippen LogP contribution in [0.5, 0.6) is 5.75 Å². The summed E-state index contributed by atoms with van der Waals surface area (Å²) >= 11 is 0. The lowest BCUT2D eigenvalue weighted by Crippen LogP contribution is -2.52. The lowest BCUT2D eigenvalue weighted by Gasteiger charge is -2.38. The van der Waals surface area contributed by atoms with Crippen LogP contribution in [0.2, 0.25) is 0 Å². The van der Waals surface area contributed by atoms with Gasteiger partial charge in [0.1, 0.15) is 12.3 Å². The molecule has 28 heavy (non-hydrogen) atoms. The van der Waals surface area contributed by atoms with Crippen molar-refractivity contribution in [3.8, 4) is 5.75 Å². The van der Waals surface area contributed by atoms with Crippen LogP contribution in [0.4, 0.5) is 11.4 Å². The van der Waals surface area contributed by atoms with Crippen molar-refractivity contribution in [2.75, 3.05) is 50.1 Å². The van der Waals surface area contributed by atoms with Gasteiger partial charge in [-0.2, -0.15) is 0 Å². The molecule has 1 fully saturated rings. The molecule has 1 unspecified atom stereocenters. The average Bonchev–Trinajstić information content (AvgIpc) is 2.73. The lowest BCUT2D eigenvalue weighted by atomic mass is 10.0. The summed E-state index contributed by atoms with van der Waals surface area (Å²) in [6, 6.07) is 15.3. The van der Waals surface area contributed by atoms with E-state index in [0.29, 0.717) is 5.69 Å². The van der Waals surface area contributed by atoms with E-state index in [1.165, 1.54) is 0 Å². The first kappa shape index (κ1) is 18.5. The number of rotatable bonds is 4. The summed E-state index contributed by atoms with van der Waals surface area (Å²) in [7, 11) is 1.66. The highest BCUT2D eigenvalue weighted by atomic mass is 16.5. The number of hydrogen-bond acceptors (Lipinski definition) is 5. The van der Waals surface area contributed by atoms with E-state index >= 15 is 0 Å². The number of ether oxygens (including phenoxy) is 1. The van der Waals surface area contributed by atoms with Crippen LogP contribution in [-0.2, 0) is 9.59 Å². The zero-order valence-corrected chi connectivity index (χ0v) is 15.9. The topological polar surface area (TPSA) is 73.9 Å². The average molecular weight is 380 g/mol. The van der Waals surface area contributed by atoms with Crippen LogP contribution in [0.25, 0.3) is 0 Å². The summed E-state index contributed by atoms with van der Waals surface area (Å²) in [5, 5.41) is 6.23. The second-order valence-corrected chi connectivity index (χ2v) is 6.98. The van der Waals surface area contributed by atoms with Gasteiger partial charge in [-0.15, -0.1) is 0 Å². The SMILES string of the molecule is COc1ccccc1C1CNCCN1CC(=O)N1CC(=O)Nc2ccccc21. The molecular weight excluding hydrogens is 356 g/mol. The van der Waals surface area contributed by atoms with Crippen LogP contribution in [0.3, 0.4) is 0 Å². The van der Waals surface area contributed by atoms with Crippen molar-refractivity contribution >= 4 is 23.2 Å². The van der Waals surface area contributed by atoms with Gasteiger partial charge < -0.3 is 15.4 Å². The van der Waals surface area contributed by atoms with Gasteiger partial charge in [-0.05, 0) is 18.2 Å². The van der Waals surface area contributed by atoms with E-state index in [4.69, 9.17) is 4.74 Å². The number of para-hydroxylation sites is 3. The third-order valence-electron chi connectivity index (χ3n) is 5.26. The van der Waals surface area contributed by atoms with Gasteiger partial charge in [0.15, 0.2) is 0 Å². The summed E-state index contributed by atoms with van der Waals surface area (Å²) in [5.41, 5.74) is 2.48.